The van der Waals surface area contributed by atoms with Crippen LogP contribution in [0.5, 0.6) is 0 Å². The molecule has 1 aromatic carbocycles. The molecule has 0 radical (unpaired) electrons. The lowest BCUT2D eigenvalue weighted by molar-refractivity contribution is 0.0955. The number of anilines is 1. The molecule has 18 heavy (non-hydrogen) atoms. The van der Waals surface area contributed by atoms with Gasteiger partial charge in [0.1, 0.15) is 0 Å². The third-order valence-electron chi connectivity index (χ3n) is 2.61. The molecule has 2 atom stereocenters. The SMILES string of the molecule is CCNC(=O)c1ccc(N)c(SC(C)C(C)O)c1. The monoisotopic (exact) mass is 268 g/mol. The fourth-order valence-corrected chi connectivity index (χ4v) is 2.34. The van der Waals surface area contributed by atoms with E-state index < -0.39 is 6.10 Å². The summed E-state index contributed by atoms with van der Waals surface area (Å²) >= 11 is 1.47. The van der Waals surface area contributed by atoms with Crippen LogP contribution in [0, 0.1) is 0 Å². The van der Waals surface area contributed by atoms with E-state index in [9.17, 15) is 9.90 Å². The lowest BCUT2D eigenvalue weighted by Gasteiger charge is -2.16. The Bertz CT molecular complexity index is 421. The zero-order valence-electron chi connectivity index (χ0n) is 10.9. The van der Waals surface area contributed by atoms with Gasteiger partial charge in [-0.05, 0) is 32.0 Å². The highest BCUT2D eigenvalue weighted by molar-refractivity contribution is 8.00. The highest BCUT2D eigenvalue weighted by Crippen LogP contribution is 2.31. The molecule has 4 nitrogen and oxygen atoms in total. The number of hydrogen-bond acceptors (Lipinski definition) is 4. The Kier molecular flexibility index (Phi) is 5.50. The maximum atomic E-state index is 11.7. The van der Waals surface area contributed by atoms with Crippen molar-refractivity contribution in [1.82, 2.24) is 5.32 Å². The van der Waals surface area contributed by atoms with Crippen molar-refractivity contribution >= 4 is 23.4 Å². The van der Waals surface area contributed by atoms with E-state index in [1.165, 1.54) is 11.8 Å². The Balaban J connectivity index is 2.91. The zero-order chi connectivity index (χ0) is 13.7. The maximum Gasteiger partial charge on any atom is 0.251 e. The average Bonchev–Trinajstić information content (AvgIpc) is 2.31. The van der Waals surface area contributed by atoms with Crippen LogP contribution in [0.2, 0.25) is 0 Å². The van der Waals surface area contributed by atoms with Crippen LogP contribution in [0.15, 0.2) is 23.1 Å². The quantitative estimate of drug-likeness (QED) is 0.563. The van der Waals surface area contributed by atoms with Gasteiger partial charge in [0.05, 0.1) is 6.10 Å². The van der Waals surface area contributed by atoms with Gasteiger partial charge < -0.3 is 16.2 Å². The molecule has 1 amide bonds. The molecule has 0 bridgehead atoms. The summed E-state index contributed by atoms with van der Waals surface area (Å²) in [5, 5.41) is 12.3. The van der Waals surface area contributed by atoms with Crippen LogP contribution >= 0.6 is 11.8 Å². The Morgan fingerprint density at radius 3 is 2.72 bits per heavy atom. The molecule has 0 saturated heterocycles. The van der Waals surface area contributed by atoms with Gasteiger partial charge in [-0.2, -0.15) is 0 Å². The third-order valence-corrected chi connectivity index (χ3v) is 3.98. The van der Waals surface area contributed by atoms with Crippen molar-refractivity contribution < 1.29 is 9.90 Å². The molecule has 0 saturated carbocycles. The predicted octanol–water partition coefficient (Wildman–Crippen LogP) is 1.88. The number of thioether (sulfide) groups is 1. The molecule has 5 heteroatoms. The highest BCUT2D eigenvalue weighted by Gasteiger charge is 2.14. The van der Waals surface area contributed by atoms with E-state index in [1.54, 1.807) is 25.1 Å². The number of nitrogens with one attached hydrogen (secondary N) is 1. The average molecular weight is 268 g/mol. The smallest absolute Gasteiger partial charge is 0.251 e. The number of nitrogen functional groups attached to an aromatic ring is 1. The van der Waals surface area contributed by atoms with Crippen molar-refractivity contribution in [3.05, 3.63) is 23.8 Å². The molecule has 0 aliphatic rings. The molecule has 0 fully saturated rings. The molecule has 0 heterocycles. The summed E-state index contributed by atoms with van der Waals surface area (Å²) < 4.78 is 0. The molecule has 0 aliphatic carbocycles. The van der Waals surface area contributed by atoms with Gasteiger partial charge in [-0.3, -0.25) is 4.79 Å². The van der Waals surface area contributed by atoms with E-state index in [0.717, 1.165) is 4.90 Å². The number of aliphatic hydroxyl groups excluding tert-OH is 1. The van der Waals surface area contributed by atoms with Crippen molar-refractivity contribution in [2.24, 2.45) is 0 Å². The molecule has 2 unspecified atom stereocenters. The van der Waals surface area contributed by atoms with E-state index in [-0.39, 0.29) is 11.2 Å². The van der Waals surface area contributed by atoms with Gasteiger partial charge in [0.15, 0.2) is 0 Å². The van der Waals surface area contributed by atoms with E-state index in [1.807, 2.05) is 13.8 Å². The summed E-state index contributed by atoms with van der Waals surface area (Å²) in [5.41, 5.74) is 7.09. The molecule has 1 aromatic rings. The van der Waals surface area contributed by atoms with Crippen LogP contribution in [0.3, 0.4) is 0 Å². The third kappa shape index (κ3) is 3.92. The van der Waals surface area contributed by atoms with Gasteiger partial charge in [0.25, 0.3) is 5.91 Å². The normalized spacial score (nSPS) is 14.0. The van der Waals surface area contributed by atoms with Crippen LogP contribution < -0.4 is 11.1 Å². The number of hydrogen-bond donors (Lipinski definition) is 3. The van der Waals surface area contributed by atoms with Crippen LogP contribution in [-0.2, 0) is 0 Å². The summed E-state index contributed by atoms with van der Waals surface area (Å²) in [7, 11) is 0. The fraction of sp³-hybridized carbons (Fsp3) is 0.462. The van der Waals surface area contributed by atoms with Gasteiger partial charge in [-0.25, -0.2) is 0 Å². The summed E-state index contributed by atoms with van der Waals surface area (Å²) in [4.78, 5) is 12.5. The standard InChI is InChI=1S/C13H20N2O2S/c1-4-15-13(17)10-5-6-11(14)12(7-10)18-9(3)8(2)16/h5-9,16H,4,14H2,1-3H3,(H,15,17). The fourth-order valence-electron chi connectivity index (χ4n) is 1.34. The van der Waals surface area contributed by atoms with E-state index in [2.05, 4.69) is 5.32 Å². The predicted molar refractivity (Wildman–Crippen MR) is 75.9 cm³/mol. The molecule has 100 valence electrons. The molecule has 0 aliphatic heterocycles. The lowest BCUT2D eigenvalue weighted by atomic mass is 10.2. The first kappa shape index (κ1) is 14.9. The first-order valence-corrected chi connectivity index (χ1v) is 6.86. The minimum atomic E-state index is -0.428. The van der Waals surface area contributed by atoms with E-state index in [0.29, 0.717) is 17.8 Å². The van der Waals surface area contributed by atoms with Crippen molar-refractivity contribution in [3.8, 4) is 0 Å². The van der Waals surface area contributed by atoms with E-state index in [4.69, 9.17) is 5.73 Å². The van der Waals surface area contributed by atoms with Gasteiger partial charge >= 0.3 is 0 Å². The second-order valence-electron chi connectivity index (χ2n) is 4.18. The second-order valence-corrected chi connectivity index (χ2v) is 5.59. The van der Waals surface area contributed by atoms with Gasteiger partial charge in [-0.15, -0.1) is 11.8 Å². The minimum Gasteiger partial charge on any atom is -0.398 e. The molecule has 0 spiro atoms. The Hall–Kier alpha value is -1.20. The zero-order valence-corrected chi connectivity index (χ0v) is 11.8. The van der Waals surface area contributed by atoms with Crippen LogP contribution in [0.1, 0.15) is 31.1 Å². The minimum absolute atomic E-state index is 0.0248. The van der Waals surface area contributed by atoms with Crippen LogP contribution in [-0.4, -0.2) is 28.9 Å². The number of nitrogens with two attached hydrogens (primary N) is 1. The molecular formula is C13H20N2O2S. The van der Waals surface area contributed by atoms with Gasteiger partial charge in [0, 0.05) is 27.9 Å². The summed E-state index contributed by atoms with van der Waals surface area (Å²) in [6.07, 6.45) is -0.428. The number of carbonyl (C=O) groups excluding carboxylic acids is 1. The van der Waals surface area contributed by atoms with Crippen molar-refractivity contribution in [2.45, 2.75) is 37.0 Å². The number of benzene rings is 1. The summed E-state index contributed by atoms with van der Waals surface area (Å²) in [5.74, 6) is -0.107. The lowest BCUT2D eigenvalue weighted by Crippen LogP contribution is -2.22. The second kappa shape index (κ2) is 6.66. The Morgan fingerprint density at radius 2 is 2.17 bits per heavy atom. The van der Waals surface area contributed by atoms with Crippen LogP contribution in [0.25, 0.3) is 0 Å². The number of aliphatic hydroxyl groups is 1. The number of amides is 1. The van der Waals surface area contributed by atoms with E-state index >= 15 is 0 Å². The van der Waals surface area contributed by atoms with Crippen molar-refractivity contribution in [2.75, 3.05) is 12.3 Å². The maximum absolute atomic E-state index is 11.7. The Morgan fingerprint density at radius 1 is 1.50 bits per heavy atom. The highest BCUT2D eigenvalue weighted by atomic mass is 32.2. The van der Waals surface area contributed by atoms with Crippen LogP contribution in [0.4, 0.5) is 5.69 Å². The van der Waals surface area contributed by atoms with Gasteiger partial charge in [-0.1, -0.05) is 6.92 Å². The first-order chi connectivity index (χ1) is 8.45. The molecule has 4 N–H and O–H groups in total. The van der Waals surface area contributed by atoms with Gasteiger partial charge in [0.2, 0.25) is 0 Å². The number of carbonyl (C=O) groups is 1. The van der Waals surface area contributed by atoms with Crippen molar-refractivity contribution in [3.63, 3.8) is 0 Å². The molecule has 1 rings (SSSR count). The summed E-state index contributed by atoms with van der Waals surface area (Å²) in [6.45, 7) is 6.13. The Labute approximate surface area is 112 Å². The molecule has 0 aromatic heterocycles. The number of rotatable bonds is 5. The van der Waals surface area contributed by atoms with Crippen molar-refractivity contribution in [1.29, 1.82) is 0 Å². The summed E-state index contributed by atoms with van der Waals surface area (Å²) in [6, 6.07) is 5.20. The first-order valence-electron chi connectivity index (χ1n) is 5.98. The largest absolute Gasteiger partial charge is 0.398 e. The molecular weight excluding hydrogens is 248 g/mol. The topological polar surface area (TPSA) is 75.4 Å².